The molecule has 1 amide bonds. The summed E-state index contributed by atoms with van der Waals surface area (Å²) in [5, 5.41) is 8.76. The standard InChI is InChI=1S/C12H12F3N3O3/c13-12(14,15)8-3-16-4-9(17-8)21-7-1-11(2-7)5-18(6-11)10(19)20/h3-4,7H,1-2,5-6H2,(H,19,20). The lowest BCUT2D eigenvalue weighted by atomic mass is 9.62. The summed E-state index contributed by atoms with van der Waals surface area (Å²) in [7, 11) is 0. The largest absolute Gasteiger partial charge is 0.473 e. The van der Waals surface area contributed by atoms with Crippen LogP contribution in [0, 0.1) is 5.41 Å². The van der Waals surface area contributed by atoms with Gasteiger partial charge in [0, 0.05) is 18.5 Å². The van der Waals surface area contributed by atoms with E-state index < -0.39 is 18.0 Å². The second-order valence-electron chi connectivity index (χ2n) is 5.53. The molecule has 2 aliphatic rings. The summed E-state index contributed by atoms with van der Waals surface area (Å²) in [5.74, 6) is -0.154. The van der Waals surface area contributed by atoms with Crippen LogP contribution in [-0.2, 0) is 6.18 Å². The van der Waals surface area contributed by atoms with Gasteiger partial charge in [-0.05, 0) is 12.8 Å². The first-order chi connectivity index (χ1) is 9.77. The third-order valence-corrected chi connectivity index (χ3v) is 3.83. The Morgan fingerprint density at radius 2 is 2.05 bits per heavy atom. The second-order valence-corrected chi connectivity index (χ2v) is 5.53. The lowest BCUT2D eigenvalue weighted by Gasteiger charge is -2.57. The van der Waals surface area contributed by atoms with Gasteiger partial charge >= 0.3 is 12.3 Å². The van der Waals surface area contributed by atoms with Gasteiger partial charge in [0.25, 0.3) is 0 Å². The number of carboxylic acid groups (broad SMARTS) is 1. The van der Waals surface area contributed by atoms with E-state index in [0.717, 1.165) is 6.20 Å². The average Bonchev–Trinajstić information content (AvgIpc) is 2.29. The molecule has 3 rings (SSSR count). The first-order valence-electron chi connectivity index (χ1n) is 6.31. The molecule has 1 spiro atoms. The van der Waals surface area contributed by atoms with Crippen LogP contribution in [-0.4, -0.2) is 45.3 Å². The van der Waals surface area contributed by atoms with E-state index in [1.807, 2.05) is 0 Å². The van der Waals surface area contributed by atoms with Gasteiger partial charge in [-0.3, -0.25) is 4.98 Å². The van der Waals surface area contributed by atoms with Crippen LogP contribution < -0.4 is 4.74 Å². The number of hydrogen-bond donors (Lipinski definition) is 1. The number of ether oxygens (including phenoxy) is 1. The number of hydrogen-bond acceptors (Lipinski definition) is 4. The van der Waals surface area contributed by atoms with E-state index in [9.17, 15) is 18.0 Å². The first-order valence-corrected chi connectivity index (χ1v) is 6.31. The Morgan fingerprint density at radius 3 is 2.62 bits per heavy atom. The zero-order chi connectivity index (χ0) is 15.3. The molecule has 1 N–H and O–H groups in total. The van der Waals surface area contributed by atoms with Crippen LogP contribution in [0.3, 0.4) is 0 Å². The van der Waals surface area contributed by atoms with Gasteiger partial charge in [-0.1, -0.05) is 0 Å². The molecule has 9 heteroatoms. The van der Waals surface area contributed by atoms with Gasteiger partial charge in [-0.25, -0.2) is 9.78 Å². The summed E-state index contributed by atoms with van der Waals surface area (Å²) >= 11 is 0. The minimum absolute atomic E-state index is 0.0713. The first kappa shape index (κ1) is 13.9. The molecule has 0 bridgehead atoms. The van der Waals surface area contributed by atoms with E-state index in [1.165, 1.54) is 4.90 Å². The van der Waals surface area contributed by atoms with Crippen molar-refractivity contribution in [2.24, 2.45) is 5.41 Å². The molecule has 1 saturated carbocycles. The highest BCUT2D eigenvalue weighted by atomic mass is 19.4. The second kappa shape index (κ2) is 4.47. The maximum Gasteiger partial charge on any atom is 0.435 e. The highest BCUT2D eigenvalue weighted by molar-refractivity contribution is 5.66. The number of rotatable bonds is 2. The van der Waals surface area contributed by atoms with E-state index in [2.05, 4.69) is 9.97 Å². The van der Waals surface area contributed by atoms with Gasteiger partial charge in [0.05, 0.1) is 12.4 Å². The number of amides is 1. The highest BCUT2D eigenvalue weighted by Crippen LogP contribution is 2.49. The molecular formula is C12H12F3N3O3. The Bertz CT molecular complexity index is 564. The van der Waals surface area contributed by atoms with Crippen molar-refractivity contribution in [1.29, 1.82) is 0 Å². The van der Waals surface area contributed by atoms with E-state index in [4.69, 9.17) is 9.84 Å². The molecule has 0 atom stereocenters. The SMILES string of the molecule is O=C(O)N1CC2(CC(Oc3cncc(C(F)(F)F)n3)C2)C1. The van der Waals surface area contributed by atoms with Crippen LogP contribution in [0.5, 0.6) is 5.88 Å². The van der Waals surface area contributed by atoms with Gasteiger partial charge < -0.3 is 14.7 Å². The molecule has 2 heterocycles. The van der Waals surface area contributed by atoms with Crippen LogP contribution in [0.4, 0.5) is 18.0 Å². The van der Waals surface area contributed by atoms with Crippen LogP contribution in [0.15, 0.2) is 12.4 Å². The third-order valence-electron chi connectivity index (χ3n) is 3.83. The number of halogens is 3. The molecule has 2 fully saturated rings. The summed E-state index contributed by atoms with van der Waals surface area (Å²) in [6, 6.07) is 0. The number of aromatic nitrogens is 2. The zero-order valence-electron chi connectivity index (χ0n) is 10.8. The summed E-state index contributed by atoms with van der Waals surface area (Å²) in [6.45, 7) is 0.910. The monoisotopic (exact) mass is 303 g/mol. The maximum atomic E-state index is 12.5. The smallest absolute Gasteiger partial charge is 0.435 e. The van der Waals surface area contributed by atoms with Crippen LogP contribution >= 0.6 is 0 Å². The van der Waals surface area contributed by atoms with Gasteiger partial charge in [0.2, 0.25) is 5.88 Å². The zero-order valence-corrected chi connectivity index (χ0v) is 10.8. The van der Waals surface area contributed by atoms with Gasteiger partial charge in [-0.2, -0.15) is 13.2 Å². The molecule has 1 aromatic heterocycles. The third kappa shape index (κ3) is 2.59. The Labute approximate surface area is 117 Å². The van der Waals surface area contributed by atoms with Crippen molar-refractivity contribution < 1.29 is 27.8 Å². The molecule has 1 aliphatic carbocycles. The van der Waals surface area contributed by atoms with Crippen LogP contribution in [0.25, 0.3) is 0 Å². The van der Waals surface area contributed by atoms with Crippen LogP contribution in [0.2, 0.25) is 0 Å². The normalized spacial score (nSPS) is 20.8. The van der Waals surface area contributed by atoms with Gasteiger partial charge in [0.15, 0.2) is 5.69 Å². The predicted octanol–water partition coefficient (Wildman–Crippen LogP) is 2.02. The van der Waals surface area contributed by atoms with E-state index in [1.54, 1.807) is 0 Å². The molecule has 1 aliphatic heterocycles. The summed E-state index contributed by atoms with van der Waals surface area (Å²) in [6.07, 6.45) is -2.71. The molecule has 6 nitrogen and oxygen atoms in total. The number of likely N-dealkylation sites (tertiary alicyclic amines) is 1. The maximum absolute atomic E-state index is 12.5. The van der Waals surface area contributed by atoms with E-state index >= 15 is 0 Å². The average molecular weight is 303 g/mol. The minimum Gasteiger partial charge on any atom is -0.473 e. The van der Waals surface area contributed by atoms with E-state index in [0.29, 0.717) is 32.1 Å². The summed E-state index contributed by atoms with van der Waals surface area (Å²) in [5.41, 5.74) is -1.16. The van der Waals surface area contributed by atoms with Crippen molar-refractivity contribution in [2.45, 2.75) is 25.1 Å². The highest BCUT2D eigenvalue weighted by Gasteiger charge is 2.55. The van der Waals surface area contributed by atoms with Crippen molar-refractivity contribution in [1.82, 2.24) is 14.9 Å². The van der Waals surface area contributed by atoms with Crippen molar-refractivity contribution in [2.75, 3.05) is 13.1 Å². The Kier molecular flexibility index (Phi) is 2.96. The topological polar surface area (TPSA) is 75.5 Å². The predicted molar refractivity (Wildman–Crippen MR) is 62.7 cm³/mol. The fourth-order valence-electron chi connectivity index (χ4n) is 2.86. The summed E-state index contributed by atoms with van der Waals surface area (Å²) in [4.78, 5) is 18.9. The quantitative estimate of drug-likeness (QED) is 0.904. The molecular weight excluding hydrogens is 291 g/mol. The molecule has 1 saturated heterocycles. The molecule has 0 unspecified atom stereocenters. The minimum atomic E-state index is -4.55. The Morgan fingerprint density at radius 1 is 1.38 bits per heavy atom. The molecule has 1 aromatic rings. The Hall–Kier alpha value is -2.06. The molecule has 21 heavy (non-hydrogen) atoms. The van der Waals surface area contributed by atoms with Crippen molar-refractivity contribution in [3.63, 3.8) is 0 Å². The summed E-state index contributed by atoms with van der Waals surface area (Å²) < 4.78 is 42.8. The fourth-order valence-corrected chi connectivity index (χ4v) is 2.86. The molecule has 114 valence electrons. The number of carbonyl (C=O) groups is 1. The Balaban J connectivity index is 1.55. The lowest BCUT2D eigenvalue weighted by Crippen LogP contribution is -2.65. The van der Waals surface area contributed by atoms with Crippen molar-refractivity contribution in [3.8, 4) is 5.88 Å². The van der Waals surface area contributed by atoms with Gasteiger partial charge in [-0.15, -0.1) is 0 Å². The molecule has 0 aromatic carbocycles. The van der Waals surface area contributed by atoms with Crippen molar-refractivity contribution in [3.05, 3.63) is 18.1 Å². The van der Waals surface area contributed by atoms with Crippen LogP contribution in [0.1, 0.15) is 18.5 Å². The van der Waals surface area contributed by atoms with Gasteiger partial charge in [0.1, 0.15) is 6.10 Å². The molecule has 0 radical (unpaired) electrons. The lowest BCUT2D eigenvalue weighted by molar-refractivity contribution is -0.142. The van der Waals surface area contributed by atoms with E-state index in [-0.39, 0.29) is 17.4 Å². The fraction of sp³-hybridized carbons (Fsp3) is 0.583. The number of alkyl halides is 3. The van der Waals surface area contributed by atoms with Crippen molar-refractivity contribution >= 4 is 6.09 Å². The number of nitrogens with zero attached hydrogens (tertiary/aromatic N) is 3.